The predicted molar refractivity (Wildman–Crippen MR) is 44.9 cm³/mol. The molecule has 0 saturated carbocycles. The van der Waals surface area contributed by atoms with Crippen LogP contribution in [0.3, 0.4) is 0 Å². The van der Waals surface area contributed by atoms with Gasteiger partial charge in [-0.15, -0.1) is 0 Å². The summed E-state index contributed by atoms with van der Waals surface area (Å²) >= 11 is 11.1. The molecule has 7 heteroatoms. The van der Waals surface area contributed by atoms with E-state index in [1.165, 1.54) is 0 Å². The Balaban J connectivity index is 2.95. The van der Waals surface area contributed by atoms with E-state index in [9.17, 15) is 4.79 Å². The van der Waals surface area contributed by atoms with Crippen LogP contribution in [0.4, 0.5) is 0 Å². The fraction of sp³-hybridized carbons (Fsp3) is 0.200. The summed E-state index contributed by atoms with van der Waals surface area (Å²) in [5, 5.41) is 10.8. The number of aliphatic imine (C=N–C) groups is 1. The first-order chi connectivity index (χ1) is 5.42. The van der Waals surface area contributed by atoms with E-state index in [0.717, 1.165) is 6.21 Å². The number of carbonyl (C=O) groups is 1. The van der Waals surface area contributed by atoms with Crippen LogP contribution >= 0.6 is 23.2 Å². The molecule has 0 amide bonds. The van der Waals surface area contributed by atoms with Gasteiger partial charge in [0.1, 0.15) is 5.82 Å². The van der Waals surface area contributed by atoms with Crippen LogP contribution in [-0.2, 0) is 4.79 Å². The van der Waals surface area contributed by atoms with E-state index in [0.29, 0.717) is 0 Å². The van der Waals surface area contributed by atoms with E-state index in [1.807, 2.05) is 0 Å². The van der Waals surface area contributed by atoms with E-state index in [1.54, 1.807) is 0 Å². The molecule has 1 rings (SSSR count). The van der Waals surface area contributed by atoms with Crippen LogP contribution in [0.5, 0.6) is 0 Å². The molecule has 0 atom stereocenters. The minimum atomic E-state index is -1.43. The van der Waals surface area contributed by atoms with Gasteiger partial charge in [0.25, 0.3) is 0 Å². The molecule has 66 valence electrons. The SMILES string of the molecule is NC1=C(C(=O)O)N=CC(Cl)(Cl)N1. The molecule has 0 saturated heterocycles. The van der Waals surface area contributed by atoms with Gasteiger partial charge < -0.3 is 16.2 Å². The number of aliphatic carboxylic acids is 1. The molecule has 1 heterocycles. The molecule has 1 aliphatic rings. The molecule has 0 aliphatic carbocycles. The Morgan fingerprint density at radius 2 is 2.33 bits per heavy atom. The standard InChI is InChI=1S/C5H5Cl2N3O2/c6-5(7)1-9-2(4(11)12)3(8)10-5/h1,10H,8H2,(H,11,12). The van der Waals surface area contributed by atoms with E-state index in [-0.39, 0.29) is 11.5 Å². The lowest BCUT2D eigenvalue weighted by atomic mass is 10.4. The molecular formula is C5H5Cl2N3O2. The highest BCUT2D eigenvalue weighted by Crippen LogP contribution is 2.20. The molecule has 1 aliphatic heterocycles. The Bertz CT molecular complexity index is 284. The topological polar surface area (TPSA) is 87.7 Å². The summed E-state index contributed by atoms with van der Waals surface area (Å²) in [7, 11) is 0. The average molecular weight is 210 g/mol. The first-order valence-electron chi connectivity index (χ1n) is 2.86. The maximum atomic E-state index is 10.4. The smallest absolute Gasteiger partial charge is 0.358 e. The Labute approximate surface area is 77.9 Å². The minimum Gasteiger partial charge on any atom is -0.476 e. The number of hydrogen-bond donors (Lipinski definition) is 3. The second-order valence-electron chi connectivity index (χ2n) is 2.07. The molecule has 0 spiro atoms. The summed E-state index contributed by atoms with van der Waals surface area (Å²) in [4.78, 5) is 13.9. The van der Waals surface area contributed by atoms with Crippen molar-refractivity contribution in [2.24, 2.45) is 10.7 Å². The van der Waals surface area contributed by atoms with E-state index in [4.69, 9.17) is 34.0 Å². The molecule has 5 nitrogen and oxygen atoms in total. The fourth-order valence-corrected chi connectivity index (χ4v) is 0.958. The Morgan fingerprint density at radius 1 is 1.75 bits per heavy atom. The van der Waals surface area contributed by atoms with Gasteiger partial charge in [-0.05, 0) is 0 Å². The first-order valence-corrected chi connectivity index (χ1v) is 3.62. The van der Waals surface area contributed by atoms with Crippen molar-refractivity contribution >= 4 is 35.4 Å². The quantitative estimate of drug-likeness (QED) is 0.420. The van der Waals surface area contributed by atoms with Crippen LogP contribution in [0.2, 0.25) is 0 Å². The van der Waals surface area contributed by atoms with Crippen molar-refractivity contribution in [3.63, 3.8) is 0 Å². The normalized spacial score (nSPS) is 20.5. The van der Waals surface area contributed by atoms with Crippen molar-refractivity contribution in [2.75, 3.05) is 0 Å². The van der Waals surface area contributed by atoms with Gasteiger partial charge in [-0.1, -0.05) is 23.2 Å². The lowest BCUT2D eigenvalue weighted by Crippen LogP contribution is -2.42. The third-order valence-electron chi connectivity index (χ3n) is 1.11. The van der Waals surface area contributed by atoms with Gasteiger partial charge in [0, 0.05) is 0 Å². The number of hydrogen-bond acceptors (Lipinski definition) is 4. The number of carboxylic acids is 1. The summed E-state index contributed by atoms with van der Waals surface area (Å²) in [6.45, 7) is 0. The number of halogens is 2. The zero-order chi connectivity index (χ0) is 9.35. The zero-order valence-electron chi connectivity index (χ0n) is 5.71. The molecule has 0 fully saturated rings. The Hall–Kier alpha value is -0.940. The van der Waals surface area contributed by atoms with Gasteiger partial charge in [-0.25, -0.2) is 9.79 Å². The Morgan fingerprint density at radius 3 is 2.75 bits per heavy atom. The van der Waals surface area contributed by atoms with Crippen LogP contribution in [0.15, 0.2) is 16.5 Å². The van der Waals surface area contributed by atoms with Gasteiger partial charge in [-0.3, -0.25) is 0 Å². The number of nitrogens with two attached hydrogens (primary N) is 1. The summed E-state index contributed by atoms with van der Waals surface area (Å²) < 4.78 is -1.43. The molecular weight excluding hydrogens is 205 g/mol. The molecule has 4 N–H and O–H groups in total. The van der Waals surface area contributed by atoms with Gasteiger partial charge in [0.05, 0.1) is 6.21 Å². The monoisotopic (exact) mass is 209 g/mol. The maximum Gasteiger partial charge on any atom is 0.358 e. The van der Waals surface area contributed by atoms with Crippen LogP contribution in [0.25, 0.3) is 0 Å². The summed E-state index contributed by atoms with van der Waals surface area (Å²) in [6.07, 6.45) is 1.05. The predicted octanol–water partition coefficient (Wildman–Crippen LogP) is 0.00420. The molecule has 0 bridgehead atoms. The van der Waals surface area contributed by atoms with E-state index < -0.39 is 10.4 Å². The summed E-state index contributed by atoms with van der Waals surface area (Å²) in [5.41, 5.74) is 4.96. The number of rotatable bonds is 1. The van der Waals surface area contributed by atoms with E-state index in [2.05, 4.69) is 10.3 Å². The van der Waals surface area contributed by atoms with Crippen LogP contribution in [-0.4, -0.2) is 21.7 Å². The average Bonchev–Trinajstić information content (AvgIpc) is 1.83. The van der Waals surface area contributed by atoms with Crippen molar-refractivity contribution in [3.05, 3.63) is 11.5 Å². The van der Waals surface area contributed by atoms with Gasteiger partial charge >= 0.3 is 5.97 Å². The highest BCUT2D eigenvalue weighted by Gasteiger charge is 2.28. The summed E-state index contributed by atoms with van der Waals surface area (Å²) in [5.74, 6) is -1.39. The van der Waals surface area contributed by atoms with Crippen molar-refractivity contribution < 1.29 is 9.90 Å². The van der Waals surface area contributed by atoms with Crippen LogP contribution < -0.4 is 11.1 Å². The molecule has 0 aromatic heterocycles. The molecule has 0 radical (unpaired) electrons. The second-order valence-corrected chi connectivity index (χ2v) is 3.46. The van der Waals surface area contributed by atoms with Gasteiger partial charge in [0.2, 0.25) is 4.46 Å². The molecule has 0 aromatic carbocycles. The van der Waals surface area contributed by atoms with Crippen molar-refractivity contribution in [2.45, 2.75) is 4.46 Å². The largest absolute Gasteiger partial charge is 0.476 e. The third-order valence-corrected chi connectivity index (χ3v) is 1.50. The van der Waals surface area contributed by atoms with Gasteiger partial charge in [0.15, 0.2) is 5.70 Å². The van der Waals surface area contributed by atoms with Crippen molar-refractivity contribution in [1.82, 2.24) is 5.32 Å². The van der Waals surface area contributed by atoms with E-state index >= 15 is 0 Å². The van der Waals surface area contributed by atoms with Gasteiger partial charge in [-0.2, -0.15) is 0 Å². The second kappa shape index (κ2) is 2.84. The molecule has 0 aromatic rings. The first kappa shape index (κ1) is 9.15. The highest BCUT2D eigenvalue weighted by molar-refractivity contribution is 6.56. The fourth-order valence-electron chi connectivity index (χ4n) is 0.657. The highest BCUT2D eigenvalue weighted by atomic mass is 35.5. The zero-order valence-corrected chi connectivity index (χ0v) is 7.23. The number of nitrogens with zero attached hydrogens (tertiary/aromatic N) is 1. The minimum absolute atomic E-state index is 0.157. The molecule has 12 heavy (non-hydrogen) atoms. The van der Waals surface area contributed by atoms with Crippen molar-refractivity contribution in [3.8, 4) is 0 Å². The number of carboxylic acid groups (broad SMARTS) is 1. The lowest BCUT2D eigenvalue weighted by Gasteiger charge is -2.21. The number of alkyl halides is 2. The lowest BCUT2D eigenvalue weighted by molar-refractivity contribution is -0.132. The summed E-state index contributed by atoms with van der Waals surface area (Å²) in [6, 6.07) is 0. The van der Waals surface area contributed by atoms with Crippen molar-refractivity contribution in [1.29, 1.82) is 0 Å². The Kier molecular flexibility index (Phi) is 2.16. The maximum absolute atomic E-state index is 10.4. The number of nitrogens with one attached hydrogen (secondary N) is 1. The third kappa shape index (κ3) is 1.80. The van der Waals surface area contributed by atoms with Crippen LogP contribution in [0, 0.1) is 0 Å². The molecule has 0 unspecified atom stereocenters. The van der Waals surface area contributed by atoms with Crippen LogP contribution in [0.1, 0.15) is 0 Å².